The van der Waals surface area contributed by atoms with Crippen molar-refractivity contribution in [2.45, 2.75) is 41.0 Å². The second-order valence-corrected chi connectivity index (χ2v) is 5.29. The highest BCUT2D eigenvalue weighted by atomic mass is 16.5. The second-order valence-electron chi connectivity index (χ2n) is 5.29. The molecule has 0 heterocycles. The second kappa shape index (κ2) is 4.24. The van der Waals surface area contributed by atoms with E-state index in [-0.39, 0.29) is 5.41 Å². The first kappa shape index (κ1) is 12.1. The van der Waals surface area contributed by atoms with Gasteiger partial charge in [0.05, 0.1) is 6.61 Å². The smallest absolute Gasteiger partial charge is 0.128 e. The van der Waals surface area contributed by atoms with Gasteiger partial charge in [-0.3, -0.25) is 0 Å². The zero-order chi connectivity index (χ0) is 11.6. The summed E-state index contributed by atoms with van der Waals surface area (Å²) >= 11 is 0. The van der Waals surface area contributed by atoms with Gasteiger partial charge in [-0.2, -0.15) is 0 Å². The van der Waals surface area contributed by atoms with Crippen LogP contribution < -0.4 is 0 Å². The molecule has 0 fully saturated rings. The number of hydrogen-bond donors (Lipinski definition) is 0. The molecule has 1 aliphatic rings. The highest BCUT2D eigenvalue weighted by Gasteiger charge is 2.36. The summed E-state index contributed by atoms with van der Waals surface area (Å²) in [5, 5.41) is 0. The first-order valence-electron chi connectivity index (χ1n) is 5.47. The largest absolute Gasteiger partial charge is 0.497 e. The van der Waals surface area contributed by atoms with E-state index in [9.17, 15) is 4.79 Å². The minimum absolute atomic E-state index is 0.113. The summed E-state index contributed by atoms with van der Waals surface area (Å²) < 4.78 is 5.72. The van der Waals surface area contributed by atoms with Crippen LogP contribution in [-0.4, -0.2) is 12.5 Å². The maximum atomic E-state index is 10.9. The quantitative estimate of drug-likeness (QED) is 0.666. The molecule has 0 saturated carbocycles. The molecular weight excluding hydrogens is 188 g/mol. The summed E-state index contributed by atoms with van der Waals surface area (Å²) in [6.07, 6.45) is 0.816. The molecule has 0 N–H and O–H groups in total. The molecule has 2 heteroatoms. The SMILES string of the molecule is CC1=C(OCC(C)C)CC(C)(C)C1=C=O. The number of rotatable bonds is 3. The number of hydrogen-bond acceptors (Lipinski definition) is 2. The monoisotopic (exact) mass is 208 g/mol. The first-order chi connectivity index (χ1) is 6.88. The van der Waals surface area contributed by atoms with Crippen LogP contribution in [0.25, 0.3) is 0 Å². The van der Waals surface area contributed by atoms with Crippen molar-refractivity contribution in [3.63, 3.8) is 0 Å². The fourth-order valence-corrected chi connectivity index (χ4v) is 1.91. The minimum Gasteiger partial charge on any atom is -0.497 e. The van der Waals surface area contributed by atoms with Crippen molar-refractivity contribution in [2.24, 2.45) is 11.3 Å². The number of ether oxygens (including phenoxy) is 1. The lowest BCUT2D eigenvalue weighted by Crippen LogP contribution is -2.10. The van der Waals surface area contributed by atoms with Gasteiger partial charge in [0.15, 0.2) is 0 Å². The molecule has 0 aliphatic heterocycles. The van der Waals surface area contributed by atoms with Gasteiger partial charge in [0, 0.05) is 23.0 Å². The molecule has 1 aliphatic carbocycles. The zero-order valence-electron chi connectivity index (χ0n) is 10.3. The average Bonchev–Trinajstić information content (AvgIpc) is 2.33. The van der Waals surface area contributed by atoms with Crippen molar-refractivity contribution < 1.29 is 9.53 Å². The van der Waals surface area contributed by atoms with Gasteiger partial charge in [-0.1, -0.05) is 27.7 Å². The molecule has 0 aromatic carbocycles. The van der Waals surface area contributed by atoms with Crippen LogP contribution in [0, 0.1) is 11.3 Å². The lowest BCUT2D eigenvalue weighted by Gasteiger charge is -2.17. The van der Waals surface area contributed by atoms with E-state index in [1.54, 1.807) is 0 Å². The van der Waals surface area contributed by atoms with E-state index in [2.05, 4.69) is 33.6 Å². The van der Waals surface area contributed by atoms with Gasteiger partial charge < -0.3 is 4.74 Å². The van der Waals surface area contributed by atoms with E-state index in [0.29, 0.717) is 5.92 Å². The third-order valence-corrected chi connectivity index (χ3v) is 2.77. The summed E-state index contributed by atoms with van der Waals surface area (Å²) in [5.74, 6) is 3.53. The van der Waals surface area contributed by atoms with E-state index in [4.69, 9.17) is 4.74 Å². The average molecular weight is 208 g/mol. The molecule has 0 amide bonds. The van der Waals surface area contributed by atoms with Crippen LogP contribution in [0.1, 0.15) is 41.0 Å². The maximum Gasteiger partial charge on any atom is 0.128 e. The highest BCUT2D eigenvalue weighted by molar-refractivity contribution is 5.65. The van der Waals surface area contributed by atoms with Gasteiger partial charge in [0.2, 0.25) is 0 Å². The normalized spacial score (nSPS) is 19.7. The summed E-state index contributed by atoms with van der Waals surface area (Å²) in [6.45, 7) is 11.0. The minimum atomic E-state index is -0.113. The molecule has 0 spiro atoms. The molecular formula is C13H20O2. The van der Waals surface area contributed by atoms with Crippen LogP contribution in [0.5, 0.6) is 0 Å². The highest BCUT2D eigenvalue weighted by Crippen LogP contribution is 2.44. The van der Waals surface area contributed by atoms with Crippen LogP contribution in [0.15, 0.2) is 16.9 Å². The zero-order valence-corrected chi connectivity index (χ0v) is 10.3. The Morgan fingerprint density at radius 3 is 2.47 bits per heavy atom. The van der Waals surface area contributed by atoms with Crippen LogP contribution >= 0.6 is 0 Å². The summed E-state index contributed by atoms with van der Waals surface area (Å²) in [7, 11) is 0. The molecule has 1 rings (SSSR count). The third-order valence-electron chi connectivity index (χ3n) is 2.77. The van der Waals surface area contributed by atoms with E-state index in [1.165, 1.54) is 0 Å². The Morgan fingerprint density at radius 2 is 2.07 bits per heavy atom. The topological polar surface area (TPSA) is 26.3 Å². The van der Waals surface area contributed by atoms with Gasteiger partial charge in [-0.15, -0.1) is 0 Å². The van der Waals surface area contributed by atoms with Crippen molar-refractivity contribution in [3.05, 3.63) is 16.9 Å². The van der Waals surface area contributed by atoms with Gasteiger partial charge in [0.1, 0.15) is 11.7 Å². The lowest BCUT2D eigenvalue weighted by atomic mass is 9.85. The molecule has 0 bridgehead atoms. The van der Waals surface area contributed by atoms with Crippen molar-refractivity contribution >= 4 is 5.94 Å². The fourth-order valence-electron chi connectivity index (χ4n) is 1.91. The van der Waals surface area contributed by atoms with E-state index < -0.39 is 0 Å². The molecule has 0 atom stereocenters. The standard InChI is InChI=1S/C13H20O2/c1-9(2)8-15-12-6-13(4,5)11(7-14)10(12)3/h9H,6,8H2,1-5H3. The first-order valence-corrected chi connectivity index (χ1v) is 5.47. The molecule has 0 aromatic rings. The summed E-state index contributed by atoms with van der Waals surface area (Å²) in [5.41, 5.74) is 1.63. The predicted molar refractivity (Wildman–Crippen MR) is 61.1 cm³/mol. The maximum absolute atomic E-state index is 10.9. The van der Waals surface area contributed by atoms with Crippen molar-refractivity contribution in [3.8, 4) is 0 Å². The Kier molecular flexibility index (Phi) is 3.41. The Morgan fingerprint density at radius 1 is 1.47 bits per heavy atom. The molecule has 0 saturated heterocycles. The summed E-state index contributed by atoms with van der Waals surface area (Å²) in [6, 6.07) is 0. The number of allylic oxidation sites excluding steroid dienone is 3. The Balaban J connectivity index is 2.83. The van der Waals surface area contributed by atoms with Crippen molar-refractivity contribution in [1.82, 2.24) is 0 Å². The van der Waals surface area contributed by atoms with Crippen LogP contribution in [0.2, 0.25) is 0 Å². The van der Waals surface area contributed by atoms with Crippen LogP contribution in [0.4, 0.5) is 0 Å². The number of carbonyl (C=O) groups excluding carboxylic acids is 1. The van der Waals surface area contributed by atoms with E-state index in [1.807, 2.05) is 6.92 Å². The molecule has 0 aromatic heterocycles. The Hall–Kier alpha value is -1.01. The fraction of sp³-hybridized carbons (Fsp3) is 0.692. The van der Waals surface area contributed by atoms with E-state index >= 15 is 0 Å². The summed E-state index contributed by atoms with van der Waals surface area (Å²) in [4.78, 5) is 10.9. The lowest BCUT2D eigenvalue weighted by molar-refractivity contribution is 0.163. The Bertz CT molecular complexity index is 328. The van der Waals surface area contributed by atoms with Gasteiger partial charge in [-0.05, 0) is 12.8 Å². The molecule has 0 radical (unpaired) electrons. The van der Waals surface area contributed by atoms with Gasteiger partial charge >= 0.3 is 0 Å². The van der Waals surface area contributed by atoms with E-state index in [0.717, 1.165) is 29.9 Å². The van der Waals surface area contributed by atoms with Crippen molar-refractivity contribution in [1.29, 1.82) is 0 Å². The van der Waals surface area contributed by atoms with Gasteiger partial charge in [-0.25, -0.2) is 4.79 Å². The molecule has 2 nitrogen and oxygen atoms in total. The van der Waals surface area contributed by atoms with Crippen LogP contribution in [-0.2, 0) is 9.53 Å². The van der Waals surface area contributed by atoms with Crippen LogP contribution in [0.3, 0.4) is 0 Å². The van der Waals surface area contributed by atoms with Crippen molar-refractivity contribution in [2.75, 3.05) is 6.61 Å². The van der Waals surface area contributed by atoms with Gasteiger partial charge in [0.25, 0.3) is 0 Å². The molecule has 0 unspecified atom stereocenters. The molecule has 15 heavy (non-hydrogen) atoms. The Labute approximate surface area is 92.0 Å². The predicted octanol–water partition coefficient (Wildman–Crippen LogP) is 3.12. The molecule has 84 valence electrons. The third kappa shape index (κ3) is 2.51.